The molecule has 0 radical (unpaired) electrons. The van der Waals surface area contributed by atoms with Gasteiger partial charge in [0.2, 0.25) is 0 Å². The number of aromatic nitrogens is 5. The third kappa shape index (κ3) is 2.80. The van der Waals surface area contributed by atoms with Gasteiger partial charge in [-0.1, -0.05) is 5.21 Å². The minimum atomic E-state index is -0.0612. The lowest BCUT2D eigenvalue weighted by Gasteiger charge is -1.94. The topological polar surface area (TPSA) is 91.6 Å². The highest BCUT2D eigenvalue weighted by Crippen LogP contribution is 2.04. The number of nitrogens with two attached hydrogens (primary N) is 1. The molecule has 7 heteroatoms. The van der Waals surface area contributed by atoms with E-state index in [1.165, 1.54) is 0 Å². The van der Waals surface area contributed by atoms with Crippen LogP contribution in [0.25, 0.3) is 0 Å². The fraction of sp³-hybridized carbons (Fsp3) is 0.455. The van der Waals surface area contributed by atoms with Gasteiger partial charge in [0.05, 0.1) is 18.9 Å². The minimum absolute atomic E-state index is 0.0612. The van der Waals surface area contributed by atoms with Crippen LogP contribution >= 0.6 is 0 Å². The summed E-state index contributed by atoms with van der Waals surface area (Å²) in [6, 6.07) is 0. The van der Waals surface area contributed by atoms with Crippen LogP contribution in [0.5, 0.6) is 0 Å². The van der Waals surface area contributed by atoms with Gasteiger partial charge >= 0.3 is 0 Å². The first kappa shape index (κ1) is 12.4. The Balaban J connectivity index is 2.02. The lowest BCUT2D eigenvalue weighted by Crippen LogP contribution is -2.10. The van der Waals surface area contributed by atoms with Gasteiger partial charge in [-0.15, -0.1) is 5.10 Å². The summed E-state index contributed by atoms with van der Waals surface area (Å²) >= 11 is 0. The monoisotopic (exact) mass is 248 g/mol. The molecular weight excluding hydrogens is 232 g/mol. The summed E-state index contributed by atoms with van der Waals surface area (Å²) in [6.45, 7) is 3.83. The molecule has 0 unspecified atom stereocenters. The van der Waals surface area contributed by atoms with Crippen molar-refractivity contribution in [1.29, 1.82) is 0 Å². The summed E-state index contributed by atoms with van der Waals surface area (Å²) in [4.78, 5) is 11.9. The van der Waals surface area contributed by atoms with Crippen molar-refractivity contribution in [2.24, 2.45) is 5.73 Å². The molecule has 7 nitrogen and oxygen atoms in total. The number of ketones is 1. The Morgan fingerprint density at radius 1 is 1.39 bits per heavy atom. The van der Waals surface area contributed by atoms with E-state index in [1.807, 2.05) is 13.1 Å². The highest BCUT2D eigenvalue weighted by Gasteiger charge is 2.12. The third-order valence-corrected chi connectivity index (χ3v) is 2.56. The van der Waals surface area contributed by atoms with Crippen LogP contribution in [0, 0.1) is 0 Å². The predicted molar refractivity (Wildman–Crippen MR) is 65.0 cm³/mol. The zero-order valence-electron chi connectivity index (χ0n) is 10.3. The molecule has 0 saturated heterocycles. The minimum Gasteiger partial charge on any atom is -0.329 e. The Morgan fingerprint density at radius 2 is 2.22 bits per heavy atom. The van der Waals surface area contributed by atoms with Crippen LogP contribution in [0.1, 0.15) is 23.0 Å². The van der Waals surface area contributed by atoms with E-state index in [4.69, 9.17) is 5.73 Å². The van der Waals surface area contributed by atoms with E-state index in [0.29, 0.717) is 25.2 Å². The van der Waals surface area contributed by atoms with Crippen molar-refractivity contribution in [3.05, 3.63) is 29.8 Å². The van der Waals surface area contributed by atoms with Gasteiger partial charge < -0.3 is 5.73 Å². The molecule has 96 valence electrons. The smallest absolute Gasteiger partial charge is 0.189 e. The third-order valence-electron chi connectivity index (χ3n) is 2.56. The summed E-state index contributed by atoms with van der Waals surface area (Å²) < 4.78 is 3.36. The number of Topliss-reactive ketones (excluding diaryl/α,β-unsaturated/α-hetero) is 1. The van der Waals surface area contributed by atoms with Crippen LogP contribution in [-0.4, -0.2) is 37.1 Å². The van der Waals surface area contributed by atoms with E-state index in [-0.39, 0.29) is 5.78 Å². The predicted octanol–water partition coefficient (Wildman–Crippen LogP) is -0.121. The molecule has 0 aliphatic rings. The standard InChI is InChI=1S/C11H16N6O/c1-2-16-7-9(6-13-16)5-11(18)10-8-17(4-3-12)15-14-10/h6-8H,2-5,12H2,1H3. The summed E-state index contributed by atoms with van der Waals surface area (Å²) in [5, 5.41) is 11.8. The summed E-state index contributed by atoms with van der Waals surface area (Å²) in [6.07, 6.45) is 5.48. The Hall–Kier alpha value is -2.02. The second-order valence-electron chi connectivity index (χ2n) is 3.96. The maximum absolute atomic E-state index is 11.9. The number of aryl methyl sites for hydroxylation is 1. The number of nitrogens with zero attached hydrogens (tertiary/aromatic N) is 5. The number of carbonyl (C=O) groups excluding carboxylic acids is 1. The molecule has 0 amide bonds. The normalized spacial score (nSPS) is 10.8. The molecule has 0 spiro atoms. The molecule has 2 N–H and O–H groups in total. The van der Waals surface area contributed by atoms with E-state index in [1.54, 1.807) is 21.8 Å². The van der Waals surface area contributed by atoms with Gasteiger partial charge in [-0.2, -0.15) is 5.10 Å². The van der Waals surface area contributed by atoms with Crippen molar-refractivity contribution in [3.63, 3.8) is 0 Å². The van der Waals surface area contributed by atoms with Gasteiger partial charge in [0, 0.05) is 25.7 Å². The average Bonchev–Trinajstić information content (AvgIpc) is 2.98. The lowest BCUT2D eigenvalue weighted by atomic mass is 10.1. The quantitative estimate of drug-likeness (QED) is 0.719. The molecule has 0 fully saturated rings. The molecule has 0 aromatic carbocycles. The number of hydrogen-bond donors (Lipinski definition) is 1. The lowest BCUT2D eigenvalue weighted by molar-refractivity contribution is 0.0988. The molecule has 0 bridgehead atoms. The fourth-order valence-corrected chi connectivity index (χ4v) is 1.61. The van der Waals surface area contributed by atoms with Crippen LogP contribution in [-0.2, 0) is 19.5 Å². The van der Waals surface area contributed by atoms with Crippen LogP contribution in [0.15, 0.2) is 18.6 Å². The van der Waals surface area contributed by atoms with Crippen molar-refractivity contribution in [2.45, 2.75) is 26.4 Å². The second kappa shape index (κ2) is 5.54. The van der Waals surface area contributed by atoms with Crippen molar-refractivity contribution in [3.8, 4) is 0 Å². The maximum Gasteiger partial charge on any atom is 0.189 e. The van der Waals surface area contributed by atoms with Crippen molar-refractivity contribution >= 4 is 5.78 Å². The summed E-state index contributed by atoms with van der Waals surface area (Å²) in [7, 11) is 0. The van der Waals surface area contributed by atoms with Gasteiger partial charge in [0.25, 0.3) is 0 Å². The molecular formula is C11H16N6O. The fourth-order valence-electron chi connectivity index (χ4n) is 1.61. The van der Waals surface area contributed by atoms with E-state index in [9.17, 15) is 4.79 Å². The largest absolute Gasteiger partial charge is 0.329 e. The molecule has 0 atom stereocenters. The van der Waals surface area contributed by atoms with Gasteiger partial charge in [0.1, 0.15) is 5.69 Å². The first-order valence-corrected chi connectivity index (χ1v) is 5.87. The molecule has 2 rings (SSSR count). The van der Waals surface area contributed by atoms with Crippen molar-refractivity contribution < 1.29 is 4.79 Å². The van der Waals surface area contributed by atoms with Crippen LogP contribution < -0.4 is 5.73 Å². The maximum atomic E-state index is 11.9. The first-order chi connectivity index (χ1) is 8.72. The molecule has 2 aromatic heterocycles. The average molecular weight is 248 g/mol. The molecule has 0 aliphatic carbocycles. The van der Waals surface area contributed by atoms with Crippen LogP contribution in [0.2, 0.25) is 0 Å². The van der Waals surface area contributed by atoms with E-state index >= 15 is 0 Å². The van der Waals surface area contributed by atoms with Crippen LogP contribution in [0.3, 0.4) is 0 Å². The number of rotatable bonds is 6. The van der Waals surface area contributed by atoms with E-state index < -0.39 is 0 Å². The zero-order valence-corrected chi connectivity index (χ0v) is 10.3. The van der Waals surface area contributed by atoms with Crippen molar-refractivity contribution in [2.75, 3.05) is 6.54 Å². The molecule has 2 heterocycles. The molecule has 2 aromatic rings. The molecule has 0 aliphatic heterocycles. The van der Waals surface area contributed by atoms with Gasteiger partial charge in [0.15, 0.2) is 5.78 Å². The highest BCUT2D eigenvalue weighted by molar-refractivity contribution is 5.95. The SMILES string of the molecule is CCn1cc(CC(=O)c2cn(CCN)nn2)cn1. The second-order valence-corrected chi connectivity index (χ2v) is 3.96. The Labute approximate surface area is 105 Å². The summed E-state index contributed by atoms with van der Waals surface area (Å²) in [5.41, 5.74) is 6.66. The highest BCUT2D eigenvalue weighted by atomic mass is 16.1. The zero-order chi connectivity index (χ0) is 13.0. The van der Waals surface area contributed by atoms with Gasteiger partial charge in [-0.05, 0) is 12.5 Å². The van der Waals surface area contributed by atoms with Gasteiger partial charge in [-0.25, -0.2) is 0 Å². The van der Waals surface area contributed by atoms with E-state index in [2.05, 4.69) is 15.4 Å². The van der Waals surface area contributed by atoms with Crippen molar-refractivity contribution in [1.82, 2.24) is 24.8 Å². The number of hydrogen-bond acceptors (Lipinski definition) is 5. The first-order valence-electron chi connectivity index (χ1n) is 5.87. The van der Waals surface area contributed by atoms with Gasteiger partial charge in [-0.3, -0.25) is 14.2 Å². The molecule has 18 heavy (non-hydrogen) atoms. The van der Waals surface area contributed by atoms with E-state index in [0.717, 1.165) is 12.1 Å². The molecule has 0 saturated carbocycles. The summed E-state index contributed by atoms with van der Waals surface area (Å²) in [5.74, 6) is -0.0612. The Bertz CT molecular complexity index is 529. The van der Waals surface area contributed by atoms with Crippen LogP contribution in [0.4, 0.5) is 0 Å². The Kier molecular flexibility index (Phi) is 3.83. The number of carbonyl (C=O) groups is 1. The Morgan fingerprint density at radius 3 is 2.89 bits per heavy atom.